The van der Waals surface area contributed by atoms with E-state index in [-0.39, 0.29) is 23.6 Å². The van der Waals surface area contributed by atoms with Crippen LogP contribution in [0.3, 0.4) is 0 Å². The number of nitrogens with one attached hydrogen (secondary N) is 1. The lowest BCUT2D eigenvalue weighted by Gasteiger charge is -2.31. The van der Waals surface area contributed by atoms with Gasteiger partial charge in [-0.3, -0.25) is 4.79 Å². The Bertz CT molecular complexity index is 454. The molecule has 1 fully saturated rings. The molecular formula is C17H34N2O3S. The lowest BCUT2D eigenvalue weighted by Crippen LogP contribution is -2.45. The normalized spacial score (nSPS) is 19.0. The van der Waals surface area contributed by atoms with E-state index >= 15 is 0 Å². The fourth-order valence-corrected chi connectivity index (χ4v) is 4.59. The fraction of sp³-hybridized carbons (Fsp3) is 0.941. The van der Waals surface area contributed by atoms with Crippen LogP contribution in [0.2, 0.25) is 0 Å². The number of amides is 1. The molecule has 1 amide bonds. The van der Waals surface area contributed by atoms with Crippen LogP contribution in [0.4, 0.5) is 0 Å². The van der Waals surface area contributed by atoms with E-state index in [1.807, 2.05) is 6.92 Å². The molecule has 0 aliphatic carbocycles. The van der Waals surface area contributed by atoms with Gasteiger partial charge in [0.15, 0.2) is 0 Å². The Kier molecular flexibility index (Phi) is 8.54. The van der Waals surface area contributed by atoms with E-state index < -0.39 is 10.0 Å². The zero-order valence-corrected chi connectivity index (χ0v) is 16.0. The first-order chi connectivity index (χ1) is 10.8. The van der Waals surface area contributed by atoms with Crippen molar-refractivity contribution < 1.29 is 13.2 Å². The van der Waals surface area contributed by atoms with Gasteiger partial charge in [0, 0.05) is 25.0 Å². The lowest BCUT2D eigenvalue weighted by atomic mass is 9.96. The summed E-state index contributed by atoms with van der Waals surface area (Å²) in [5, 5.41) is 3.10. The van der Waals surface area contributed by atoms with Gasteiger partial charge in [0.25, 0.3) is 0 Å². The Morgan fingerprint density at radius 3 is 2.30 bits per heavy atom. The minimum absolute atomic E-state index is 0.0457. The maximum atomic E-state index is 12.3. The molecule has 0 aromatic carbocycles. The van der Waals surface area contributed by atoms with Crippen LogP contribution < -0.4 is 5.32 Å². The van der Waals surface area contributed by atoms with Gasteiger partial charge in [-0.05, 0) is 38.5 Å². The predicted octanol–water partition coefficient (Wildman–Crippen LogP) is 2.77. The summed E-state index contributed by atoms with van der Waals surface area (Å²) in [6, 6.07) is 0.197. The second-order valence-corrected chi connectivity index (χ2v) is 9.31. The summed E-state index contributed by atoms with van der Waals surface area (Å²) < 4.78 is 25.6. The van der Waals surface area contributed by atoms with E-state index in [4.69, 9.17) is 0 Å². The average molecular weight is 347 g/mol. The summed E-state index contributed by atoms with van der Waals surface area (Å²) >= 11 is 0. The maximum Gasteiger partial charge on any atom is 0.223 e. The molecule has 0 bridgehead atoms. The second kappa shape index (κ2) is 9.62. The zero-order valence-electron chi connectivity index (χ0n) is 15.2. The SMILES string of the molecule is CCCS(=O)(=O)N1CCC(C(=O)N[C@H](C)CCCC(C)C)CC1. The molecule has 1 aliphatic rings. The molecule has 0 unspecified atom stereocenters. The van der Waals surface area contributed by atoms with Crippen LogP contribution in [0, 0.1) is 11.8 Å². The average Bonchev–Trinajstić information content (AvgIpc) is 2.46. The third-order valence-corrected chi connectivity index (χ3v) is 6.56. The molecule has 136 valence electrons. The molecule has 1 atom stereocenters. The molecule has 0 spiro atoms. The Balaban J connectivity index is 2.35. The van der Waals surface area contributed by atoms with Gasteiger partial charge in [-0.2, -0.15) is 0 Å². The van der Waals surface area contributed by atoms with Crippen LogP contribution in [-0.4, -0.2) is 43.5 Å². The van der Waals surface area contributed by atoms with Gasteiger partial charge >= 0.3 is 0 Å². The van der Waals surface area contributed by atoms with E-state index in [2.05, 4.69) is 26.1 Å². The quantitative estimate of drug-likeness (QED) is 0.698. The van der Waals surface area contributed by atoms with Crippen molar-refractivity contribution in [3.05, 3.63) is 0 Å². The Hall–Kier alpha value is -0.620. The zero-order chi connectivity index (χ0) is 17.5. The molecule has 5 nitrogen and oxygen atoms in total. The summed E-state index contributed by atoms with van der Waals surface area (Å²) in [6.45, 7) is 9.30. The molecular weight excluding hydrogens is 312 g/mol. The molecule has 1 aliphatic heterocycles. The number of piperidine rings is 1. The highest BCUT2D eigenvalue weighted by atomic mass is 32.2. The highest BCUT2D eigenvalue weighted by molar-refractivity contribution is 7.89. The van der Waals surface area contributed by atoms with Crippen molar-refractivity contribution in [2.45, 2.75) is 72.3 Å². The first-order valence-electron chi connectivity index (χ1n) is 9.04. The predicted molar refractivity (Wildman–Crippen MR) is 94.7 cm³/mol. The molecule has 1 rings (SSSR count). The van der Waals surface area contributed by atoms with Crippen molar-refractivity contribution >= 4 is 15.9 Å². The lowest BCUT2D eigenvalue weighted by molar-refractivity contribution is -0.126. The fourth-order valence-electron chi connectivity index (χ4n) is 3.05. The molecule has 1 N–H and O–H groups in total. The maximum absolute atomic E-state index is 12.3. The smallest absolute Gasteiger partial charge is 0.223 e. The molecule has 0 aromatic heterocycles. The summed E-state index contributed by atoms with van der Waals surface area (Å²) in [6.07, 6.45) is 5.23. The van der Waals surface area contributed by atoms with Gasteiger partial charge in [0.05, 0.1) is 5.75 Å². The van der Waals surface area contributed by atoms with Crippen LogP contribution in [0.5, 0.6) is 0 Å². The Morgan fingerprint density at radius 2 is 1.78 bits per heavy atom. The van der Waals surface area contributed by atoms with E-state index in [9.17, 15) is 13.2 Å². The number of carbonyl (C=O) groups excluding carboxylic acids is 1. The van der Waals surface area contributed by atoms with Gasteiger partial charge < -0.3 is 5.32 Å². The number of hydrogen-bond donors (Lipinski definition) is 1. The van der Waals surface area contributed by atoms with Gasteiger partial charge in [-0.25, -0.2) is 12.7 Å². The van der Waals surface area contributed by atoms with Crippen molar-refractivity contribution in [2.24, 2.45) is 11.8 Å². The highest BCUT2D eigenvalue weighted by Gasteiger charge is 2.30. The summed E-state index contributed by atoms with van der Waals surface area (Å²) in [5.41, 5.74) is 0. The largest absolute Gasteiger partial charge is 0.353 e. The summed E-state index contributed by atoms with van der Waals surface area (Å²) in [4.78, 5) is 12.3. The van der Waals surface area contributed by atoms with Gasteiger partial charge in [0.1, 0.15) is 0 Å². The third kappa shape index (κ3) is 7.21. The van der Waals surface area contributed by atoms with E-state index in [0.29, 0.717) is 38.3 Å². The summed E-state index contributed by atoms with van der Waals surface area (Å²) in [5.74, 6) is 0.953. The monoisotopic (exact) mass is 346 g/mol. The topological polar surface area (TPSA) is 66.5 Å². The first kappa shape index (κ1) is 20.4. The molecule has 1 saturated heterocycles. The number of carbonyl (C=O) groups is 1. The van der Waals surface area contributed by atoms with Gasteiger partial charge in [0.2, 0.25) is 15.9 Å². The van der Waals surface area contributed by atoms with Crippen molar-refractivity contribution in [1.82, 2.24) is 9.62 Å². The van der Waals surface area contributed by atoms with Crippen LogP contribution in [0.1, 0.15) is 66.2 Å². The molecule has 23 heavy (non-hydrogen) atoms. The van der Waals surface area contributed by atoms with Gasteiger partial charge in [-0.1, -0.05) is 33.6 Å². The minimum Gasteiger partial charge on any atom is -0.353 e. The standard InChI is InChI=1S/C17H34N2O3S/c1-5-13-23(21,22)19-11-9-16(10-12-19)17(20)18-15(4)8-6-7-14(2)3/h14-16H,5-13H2,1-4H3,(H,18,20)/t15-/m1/s1. The minimum atomic E-state index is -3.12. The van der Waals surface area contributed by atoms with Gasteiger partial charge in [-0.15, -0.1) is 0 Å². The number of rotatable bonds is 9. The Morgan fingerprint density at radius 1 is 1.17 bits per heavy atom. The van der Waals surface area contributed by atoms with E-state index in [1.54, 1.807) is 4.31 Å². The number of nitrogens with zero attached hydrogens (tertiary/aromatic N) is 1. The van der Waals surface area contributed by atoms with E-state index in [1.165, 1.54) is 6.42 Å². The van der Waals surface area contributed by atoms with Crippen LogP contribution in [0.25, 0.3) is 0 Å². The first-order valence-corrected chi connectivity index (χ1v) is 10.6. The van der Waals surface area contributed by atoms with Crippen molar-refractivity contribution in [1.29, 1.82) is 0 Å². The molecule has 0 saturated carbocycles. The van der Waals surface area contributed by atoms with E-state index in [0.717, 1.165) is 12.8 Å². The van der Waals surface area contributed by atoms with Crippen molar-refractivity contribution in [3.63, 3.8) is 0 Å². The molecule has 6 heteroatoms. The number of sulfonamides is 1. The second-order valence-electron chi connectivity index (χ2n) is 7.22. The molecule has 0 radical (unpaired) electrons. The third-order valence-electron chi connectivity index (χ3n) is 4.49. The van der Waals surface area contributed by atoms with Crippen molar-refractivity contribution in [2.75, 3.05) is 18.8 Å². The molecule has 0 aromatic rings. The van der Waals surface area contributed by atoms with Crippen LogP contribution in [0.15, 0.2) is 0 Å². The number of hydrogen-bond acceptors (Lipinski definition) is 3. The van der Waals surface area contributed by atoms with Crippen molar-refractivity contribution in [3.8, 4) is 0 Å². The molecule has 1 heterocycles. The van der Waals surface area contributed by atoms with Crippen LogP contribution in [-0.2, 0) is 14.8 Å². The summed E-state index contributed by atoms with van der Waals surface area (Å²) in [7, 11) is -3.12. The highest BCUT2D eigenvalue weighted by Crippen LogP contribution is 2.21. The van der Waals surface area contributed by atoms with Crippen LogP contribution >= 0.6 is 0 Å². The Labute approximate surface area is 142 Å².